The van der Waals surface area contributed by atoms with Gasteiger partial charge in [0.2, 0.25) is 0 Å². The highest BCUT2D eigenvalue weighted by molar-refractivity contribution is 6.26. The van der Waals surface area contributed by atoms with E-state index in [2.05, 4.69) is 232 Å². The molecule has 3 aromatic heterocycles. The van der Waals surface area contributed by atoms with Crippen LogP contribution in [0, 0.1) is 13.8 Å². The lowest BCUT2D eigenvalue weighted by Gasteiger charge is -2.28. The van der Waals surface area contributed by atoms with E-state index in [-0.39, 0.29) is 10.8 Å². The number of hydrogen-bond donors (Lipinski definition) is 0. The number of hydrogen-bond acceptors (Lipinski definition) is 4. The third-order valence-electron chi connectivity index (χ3n) is 13.1. The van der Waals surface area contributed by atoms with E-state index < -0.39 is 0 Å². The minimum atomic E-state index is -0.0597. The van der Waals surface area contributed by atoms with E-state index in [4.69, 9.17) is 9.72 Å². The van der Waals surface area contributed by atoms with Crippen molar-refractivity contribution in [3.05, 3.63) is 186 Å². The van der Waals surface area contributed by atoms with Crippen molar-refractivity contribution in [1.29, 1.82) is 0 Å². The van der Waals surface area contributed by atoms with Crippen LogP contribution in [0.3, 0.4) is 0 Å². The molecule has 0 aliphatic carbocycles. The van der Waals surface area contributed by atoms with Crippen LogP contribution in [0.15, 0.2) is 164 Å². The number of nitrogens with zero attached hydrogens (tertiary/aromatic N) is 5. The van der Waals surface area contributed by atoms with Gasteiger partial charge in [0.1, 0.15) is 24.0 Å². The molecule has 1 aliphatic rings. The number of rotatable bonds is 6. The van der Waals surface area contributed by atoms with E-state index in [0.29, 0.717) is 6.67 Å². The lowest BCUT2D eigenvalue weighted by Crippen LogP contribution is -2.25. The van der Waals surface area contributed by atoms with Gasteiger partial charge in [0.15, 0.2) is 0 Å². The van der Waals surface area contributed by atoms with Crippen LogP contribution in [0.2, 0.25) is 0 Å². The zero-order valence-electron chi connectivity index (χ0n) is 37.9. The molecule has 7 aromatic carbocycles. The molecule has 10 aromatic rings. The number of benzene rings is 7. The van der Waals surface area contributed by atoms with E-state index in [0.717, 1.165) is 50.6 Å². The van der Waals surface area contributed by atoms with Crippen LogP contribution in [0.1, 0.15) is 63.8 Å². The number of aromatic nitrogens is 3. The van der Waals surface area contributed by atoms with Crippen LogP contribution >= 0.6 is 0 Å². The fraction of sp³-hybridized carbons (Fsp3) is 0.190. The predicted octanol–water partition coefficient (Wildman–Crippen LogP) is 15.5. The summed E-state index contributed by atoms with van der Waals surface area (Å²) in [6.45, 7) is 18.8. The number of aryl methyl sites for hydroxylation is 2. The lowest BCUT2D eigenvalue weighted by molar-refractivity contribution is 0.483. The number of anilines is 4. The maximum absolute atomic E-state index is 6.88. The molecule has 6 heteroatoms. The highest BCUT2D eigenvalue weighted by Gasteiger charge is 2.31. The third kappa shape index (κ3) is 6.42. The lowest BCUT2D eigenvalue weighted by atomic mass is 9.84. The Morgan fingerprint density at radius 3 is 1.89 bits per heavy atom. The maximum atomic E-state index is 6.88. The molecule has 1 aliphatic heterocycles. The molecule has 6 nitrogen and oxygen atoms in total. The van der Waals surface area contributed by atoms with Crippen LogP contribution in [-0.2, 0) is 10.8 Å². The SMILES string of the molecule is Cc1cc(C(C)(C)C)cc(C)c1N1CN(c2cccc(Oc3ccc4c5ccc6c(c7ccccc7n6-c6ccccc6)c5n(-c5cc(C(C)(C)C)ccn5)c4c3)c2)c2ccccc21. The second-order valence-electron chi connectivity index (χ2n) is 19.5. The number of ether oxygens (including phenoxy) is 1. The van der Waals surface area contributed by atoms with Crippen molar-refractivity contribution in [2.45, 2.75) is 66.2 Å². The van der Waals surface area contributed by atoms with Crippen molar-refractivity contribution in [2.75, 3.05) is 16.5 Å². The first kappa shape index (κ1) is 39.5. The minimum Gasteiger partial charge on any atom is -0.457 e. The number of fused-ring (bicyclic) bond motifs is 8. The molecule has 0 unspecified atom stereocenters. The highest BCUT2D eigenvalue weighted by atomic mass is 16.5. The number of pyridine rings is 1. The Labute approximate surface area is 375 Å². The van der Waals surface area contributed by atoms with Crippen LogP contribution in [0.4, 0.5) is 22.7 Å². The first-order valence-corrected chi connectivity index (χ1v) is 22.4. The normalized spacial score (nSPS) is 13.2. The monoisotopic (exact) mass is 835 g/mol. The summed E-state index contributed by atoms with van der Waals surface area (Å²) in [5.74, 6) is 2.42. The molecule has 0 saturated carbocycles. The Kier molecular flexibility index (Phi) is 9.04. The summed E-state index contributed by atoms with van der Waals surface area (Å²) in [7, 11) is 0. The number of para-hydroxylation sites is 4. The van der Waals surface area contributed by atoms with Gasteiger partial charge in [0, 0.05) is 56.9 Å². The van der Waals surface area contributed by atoms with Gasteiger partial charge in [-0.25, -0.2) is 4.98 Å². The highest BCUT2D eigenvalue weighted by Crippen LogP contribution is 2.48. The van der Waals surface area contributed by atoms with Gasteiger partial charge in [0.05, 0.1) is 33.4 Å². The molecule has 64 heavy (non-hydrogen) atoms. The third-order valence-corrected chi connectivity index (χ3v) is 13.1. The van der Waals surface area contributed by atoms with Crippen molar-refractivity contribution >= 4 is 66.4 Å². The van der Waals surface area contributed by atoms with Crippen LogP contribution in [-0.4, -0.2) is 20.8 Å². The maximum Gasteiger partial charge on any atom is 0.137 e. The Morgan fingerprint density at radius 2 is 1.14 bits per heavy atom. The molecule has 316 valence electrons. The largest absolute Gasteiger partial charge is 0.457 e. The Morgan fingerprint density at radius 1 is 0.484 bits per heavy atom. The molecule has 4 heterocycles. The molecular formula is C58H53N5O. The van der Waals surface area contributed by atoms with Crippen molar-refractivity contribution in [3.63, 3.8) is 0 Å². The van der Waals surface area contributed by atoms with Gasteiger partial charge in [-0.3, -0.25) is 4.57 Å². The molecule has 0 fully saturated rings. The van der Waals surface area contributed by atoms with Gasteiger partial charge in [-0.15, -0.1) is 0 Å². The van der Waals surface area contributed by atoms with Gasteiger partial charge in [-0.1, -0.05) is 114 Å². The molecule has 0 spiro atoms. The standard InChI is InChI=1S/C58H53N5O/c1-37-31-40(58(6,7)8)32-38(2)55(37)61-36-60(49-23-14-15-24-50(49)61)42-19-16-20-43(34-42)64-44-25-26-45-46-27-28-51-54(47-21-12-13-22-48(47)62(51)41-17-10-9-11-18-41)56(46)63(52(45)35-44)53-33-39(29-30-59-53)57(3,4)5/h9-35H,36H2,1-8H3. The molecule has 0 radical (unpaired) electrons. The van der Waals surface area contributed by atoms with Crippen molar-refractivity contribution in [3.8, 4) is 23.0 Å². The molecule has 0 N–H and O–H groups in total. The van der Waals surface area contributed by atoms with E-state index in [1.54, 1.807) is 0 Å². The molecule has 0 amide bonds. The molecular weight excluding hydrogens is 783 g/mol. The summed E-state index contributed by atoms with van der Waals surface area (Å²) < 4.78 is 11.6. The summed E-state index contributed by atoms with van der Waals surface area (Å²) in [5.41, 5.74) is 15.5. The summed E-state index contributed by atoms with van der Waals surface area (Å²) >= 11 is 0. The first-order valence-electron chi connectivity index (χ1n) is 22.4. The van der Waals surface area contributed by atoms with Crippen molar-refractivity contribution < 1.29 is 4.74 Å². The molecule has 0 bridgehead atoms. The Bertz CT molecular complexity index is 3430. The molecule has 11 rings (SSSR count). The second-order valence-corrected chi connectivity index (χ2v) is 19.5. The fourth-order valence-electron chi connectivity index (χ4n) is 9.99. The Hall–Kier alpha value is -7.31. The van der Waals surface area contributed by atoms with Gasteiger partial charge in [-0.2, -0.15) is 0 Å². The summed E-state index contributed by atoms with van der Waals surface area (Å²) in [6, 6.07) is 56.8. The zero-order chi connectivity index (χ0) is 44.1. The minimum absolute atomic E-state index is 0.0597. The molecule has 0 saturated heterocycles. The quantitative estimate of drug-likeness (QED) is 0.167. The van der Waals surface area contributed by atoms with Crippen LogP contribution in [0.5, 0.6) is 11.5 Å². The molecule has 0 atom stereocenters. The second kappa shape index (κ2) is 14.6. The first-order chi connectivity index (χ1) is 30.8. The summed E-state index contributed by atoms with van der Waals surface area (Å²) in [5, 5.41) is 4.71. The van der Waals surface area contributed by atoms with Crippen LogP contribution in [0.25, 0.3) is 55.1 Å². The zero-order valence-corrected chi connectivity index (χ0v) is 37.9. The van der Waals surface area contributed by atoms with Gasteiger partial charge < -0.3 is 19.1 Å². The van der Waals surface area contributed by atoms with E-state index in [9.17, 15) is 0 Å². The summed E-state index contributed by atoms with van der Waals surface area (Å²) in [6.07, 6.45) is 1.95. The smallest absolute Gasteiger partial charge is 0.137 e. The van der Waals surface area contributed by atoms with Gasteiger partial charge in [-0.05, 0) is 120 Å². The van der Waals surface area contributed by atoms with E-state index >= 15 is 0 Å². The average Bonchev–Trinajstić information content (AvgIpc) is 3.94. The fourth-order valence-corrected chi connectivity index (χ4v) is 9.99. The Balaban J connectivity index is 1.04. The van der Waals surface area contributed by atoms with Crippen LogP contribution < -0.4 is 14.5 Å². The van der Waals surface area contributed by atoms with E-state index in [1.165, 1.54) is 61.0 Å². The van der Waals surface area contributed by atoms with Crippen molar-refractivity contribution in [1.82, 2.24) is 14.1 Å². The van der Waals surface area contributed by atoms with Gasteiger partial charge >= 0.3 is 0 Å². The average molecular weight is 836 g/mol. The summed E-state index contributed by atoms with van der Waals surface area (Å²) in [4.78, 5) is 9.95. The van der Waals surface area contributed by atoms with Crippen molar-refractivity contribution in [2.24, 2.45) is 0 Å². The van der Waals surface area contributed by atoms with E-state index in [1.807, 2.05) is 6.20 Å². The topological polar surface area (TPSA) is 38.5 Å². The van der Waals surface area contributed by atoms with Gasteiger partial charge in [0.25, 0.3) is 0 Å². The predicted molar refractivity (Wildman–Crippen MR) is 268 cm³/mol.